The zero-order valence-electron chi connectivity index (χ0n) is 14.2. The fourth-order valence-corrected chi connectivity index (χ4v) is 3.71. The summed E-state index contributed by atoms with van der Waals surface area (Å²) < 4.78 is 0. The Kier molecular flexibility index (Phi) is 4.59. The lowest BCUT2D eigenvalue weighted by molar-refractivity contribution is -0.201. The molecular weight excluding hydrogens is 322 g/mol. The maximum Gasteiger partial charge on any atom is 0.345 e. The molecule has 3 saturated heterocycles. The molecule has 0 radical (unpaired) electrons. The van der Waals surface area contributed by atoms with Gasteiger partial charge < -0.3 is 4.90 Å². The van der Waals surface area contributed by atoms with E-state index in [2.05, 4.69) is 0 Å². The molecule has 3 aliphatic rings. The van der Waals surface area contributed by atoms with Gasteiger partial charge in [-0.3, -0.25) is 14.5 Å². The van der Waals surface area contributed by atoms with E-state index in [9.17, 15) is 9.59 Å². The van der Waals surface area contributed by atoms with Crippen LogP contribution in [0.2, 0.25) is 0 Å². The molecule has 7 heteroatoms. The van der Waals surface area contributed by atoms with Crippen LogP contribution < -0.4 is 0 Å². The van der Waals surface area contributed by atoms with E-state index in [1.165, 1.54) is 10.1 Å². The van der Waals surface area contributed by atoms with Crippen LogP contribution in [-0.2, 0) is 21.1 Å². The van der Waals surface area contributed by atoms with Gasteiger partial charge in [0.1, 0.15) is 12.6 Å². The van der Waals surface area contributed by atoms with Crippen molar-refractivity contribution in [2.45, 2.75) is 44.4 Å². The standard InChI is InChI=1S/C18H23N3O4/c22-17(20-10-4-5-11-24-20)16-9-8-15-12-19(16)18(23)21(15)25-13-14-6-2-1-3-7-14/h1-3,6-7,15-16H,4-5,8-13H2/t15-,16+/m1/s1. The van der Waals surface area contributed by atoms with Gasteiger partial charge >= 0.3 is 6.03 Å². The SMILES string of the molecule is O=C([C@@H]1CC[C@@H]2CN1C(=O)N2OCc1ccccc1)N1CCCCO1. The number of amides is 3. The van der Waals surface area contributed by atoms with Gasteiger partial charge in [-0.25, -0.2) is 9.86 Å². The molecule has 25 heavy (non-hydrogen) atoms. The van der Waals surface area contributed by atoms with E-state index < -0.39 is 6.04 Å². The number of piperidine rings is 1. The van der Waals surface area contributed by atoms with Gasteiger partial charge in [-0.1, -0.05) is 30.3 Å². The average Bonchev–Trinajstić information content (AvgIpc) is 2.91. The Morgan fingerprint density at radius 3 is 2.80 bits per heavy atom. The van der Waals surface area contributed by atoms with Crippen LogP contribution >= 0.6 is 0 Å². The molecule has 4 rings (SSSR count). The number of rotatable bonds is 4. The molecular formula is C18H23N3O4. The van der Waals surface area contributed by atoms with E-state index in [1.54, 1.807) is 4.90 Å². The summed E-state index contributed by atoms with van der Waals surface area (Å²) in [5.41, 5.74) is 1.01. The summed E-state index contributed by atoms with van der Waals surface area (Å²) >= 11 is 0. The number of urea groups is 1. The van der Waals surface area contributed by atoms with Crippen molar-refractivity contribution >= 4 is 11.9 Å². The summed E-state index contributed by atoms with van der Waals surface area (Å²) in [6.45, 7) is 2.07. The number of carbonyl (C=O) groups is 2. The van der Waals surface area contributed by atoms with Gasteiger partial charge in [0.15, 0.2) is 0 Å². The van der Waals surface area contributed by atoms with Crippen molar-refractivity contribution < 1.29 is 19.3 Å². The third kappa shape index (κ3) is 3.21. The van der Waals surface area contributed by atoms with Crippen LogP contribution in [0.1, 0.15) is 31.2 Å². The Balaban J connectivity index is 1.40. The highest BCUT2D eigenvalue weighted by Crippen LogP contribution is 2.31. The van der Waals surface area contributed by atoms with E-state index in [4.69, 9.17) is 9.68 Å². The number of hydroxylamine groups is 4. The van der Waals surface area contributed by atoms with E-state index in [1.807, 2.05) is 30.3 Å². The second kappa shape index (κ2) is 7.01. The lowest BCUT2D eigenvalue weighted by Gasteiger charge is -2.34. The number of nitrogens with zero attached hydrogens (tertiary/aromatic N) is 3. The summed E-state index contributed by atoms with van der Waals surface area (Å²) in [7, 11) is 0. The maximum atomic E-state index is 12.7. The van der Waals surface area contributed by atoms with Crippen LogP contribution in [0.5, 0.6) is 0 Å². The van der Waals surface area contributed by atoms with Gasteiger partial charge in [0.2, 0.25) is 0 Å². The molecule has 1 aromatic carbocycles. The fourth-order valence-electron chi connectivity index (χ4n) is 3.71. The van der Waals surface area contributed by atoms with Crippen LogP contribution in [-0.4, -0.2) is 58.7 Å². The number of fused-ring (bicyclic) bond motifs is 2. The Morgan fingerprint density at radius 1 is 1.20 bits per heavy atom. The minimum absolute atomic E-state index is 0.0162. The fraction of sp³-hybridized carbons (Fsp3) is 0.556. The van der Waals surface area contributed by atoms with Gasteiger partial charge in [-0.2, -0.15) is 5.06 Å². The zero-order valence-corrected chi connectivity index (χ0v) is 14.2. The average molecular weight is 345 g/mol. The molecule has 1 aromatic rings. The van der Waals surface area contributed by atoms with E-state index in [-0.39, 0.29) is 18.0 Å². The lowest BCUT2D eigenvalue weighted by Crippen LogP contribution is -2.52. The predicted octanol–water partition coefficient (Wildman–Crippen LogP) is 1.94. The lowest BCUT2D eigenvalue weighted by atomic mass is 10.00. The molecule has 3 aliphatic heterocycles. The van der Waals surface area contributed by atoms with Crippen LogP contribution in [0.4, 0.5) is 4.79 Å². The highest BCUT2D eigenvalue weighted by molar-refractivity contribution is 5.88. The number of hydrogen-bond acceptors (Lipinski definition) is 4. The van der Waals surface area contributed by atoms with Crippen molar-refractivity contribution in [3.05, 3.63) is 35.9 Å². The Bertz CT molecular complexity index is 632. The monoisotopic (exact) mass is 345 g/mol. The highest BCUT2D eigenvalue weighted by atomic mass is 16.7. The molecule has 7 nitrogen and oxygen atoms in total. The first-order chi connectivity index (χ1) is 12.2. The van der Waals surface area contributed by atoms with Gasteiger partial charge in [0.25, 0.3) is 5.91 Å². The summed E-state index contributed by atoms with van der Waals surface area (Å²) in [6, 6.07) is 9.13. The Hall–Kier alpha value is -2.12. The third-order valence-electron chi connectivity index (χ3n) is 5.07. The second-order valence-corrected chi connectivity index (χ2v) is 6.75. The van der Waals surface area contributed by atoms with Crippen molar-refractivity contribution in [3.8, 4) is 0 Å². The quantitative estimate of drug-likeness (QED) is 0.837. The van der Waals surface area contributed by atoms with Crippen molar-refractivity contribution in [1.29, 1.82) is 0 Å². The van der Waals surface area contributed by atoms with Gasteiger partial charge in [0.05, 0.1) is 12.6 Å². The molecule has 2 atom stereocenters. The summed E-state index contributed by atoms with van der Waals surface area (Å²) in [6.07, 6.45) is 3.34. The molecule has 0 saturated carbocycles. The molecule has 3 heterocycles. The molecule has 0 spiro atoms. The first-order valence-electron chi connectivity index (χ1n) is 8.95. The van der Waals surface area contributed by atoms with Crippen LogP contribution in [0.25, 0.3) is 0 Å². The molecule has 0 aromatic heterocycles. The molecule has 2 bridgehead atoms. The molecule has 134 valence electrons. The largest absolute Gasteiger partial charge is 0.345 e. The second-order valence-electron chi connectivity index (χ2n) is 6.75. The van der Waals surface area contributed by atoms with Gasteiger partial charge in [-0.05, 0) is 31.2 Å². The number of hydrogen-bond donors (Lipinski definition) is 0. The topological polar surface area (TPSA) is 62.3 Å². The smallest absolute Gasteiger partial charge is 0.309 e. The summed E-state index contributed by atoms with van der Waals surface area (Å²) in [4.78, 5) is 38.3. The number of benzene rings is 1. The Labute approximate surface area is 147 Å². The first-order valence-corrected chi connectivity index (χ1v) is 8.95. The predicted molar refractivity (Wildman–Crippen MR) is 88.9 cm³/mol. The first kappa shape index (κ1) is 16.4. The molecule has 3 fully saturated rings. The van der Waals surface area contributed by atoms with E-state index in [0.29, 0.717) is 32.7 Å². The van der Waals surface area contributed by atoms with Crippen molar-refractivity contribution in [2.24, 2.45) is 0 Å². The van der Waals surface area contributed by atoms with E-state index >= 15 is 0 Å². The minimum atomic E-state index is -0.438. The summed E-state index contributed by atoms with van der Waals surface area (Å²) in [5, 5.41) is 2.90. The highest BCUT2D eigenvalue weighted by Gasteiger charge is 2.49. The van der Waals surface area contributed by atoms with E-state index in [0.717, 1.165) is 24.8 Å². The van der Waals surface area contributed by atoms with Crippen molar-refractivity contribution in [1.82, 2.24) is 15.0 Å². The van der Waals surface area contributed by atoms with Gasteiger partial charge in [-0.15, -0.1) is 0 Å². The summed E-state index contributed by atoms with van der Waals surface area (Å²) in [5.74, 6) is -0.101. The maximum absolute atomic E-state index is 12.7. The Morgan fingerprint density at radius 2 is 2.04 bits per heavy atom. The molecule has 0 N–H and O–H groups in total. The van der Waals surface area contributed by atoms with Crippen LogP contribution in [0.15, 0.2) is 30.3 Å². The van der Waals surface area contributed by atoms with Gasteiger partial charge in [0, 0.05) is 13.1 Å². The van der Waals surface area contributed by atoms with Crippen molar-refractivity contribution in [3.63, 3.8) is 0 Å². The van der Waals surface area contributed by atoms with Crippen molar-refractivity contribution in [2.75, 3.05) is 19.7 Å². The van der Waals surface area contributed by atoms with Crippen LogP contribution in [0, 0.1) is 0 Å². The molecule has 0 aliphatic carbocycles. The third-order valence-corrected chi connectivity index (χ3v) is 5.07. The number of carbonyl (C=O) groups excluding carboxylic acids is 2. The van der Waals surface area contributed by atoms with Crippen LogP contribution in [0.3, 0.4) is 0 Å². The minimum Gasteiger partial charge on any atom is -0.309 e. The molecule has 0 unspecified atom stereocenters. The molecule has 3 amide bonds. The normalized spacial score (nSPS) is 26.2. The zero-order chi connectivity index (χ0) is 17.2.